The van der Waals surface area contributed by atoms with E-state index in [0.717, 1.165) is 12.0 Å². The zero-order valence-electron chi connectivity index (χ0n) is 14.0. The molecule has 1 heterocycles. The van der Waals surface area contributed by atoms with Gasteiger partial charge in [0.15, 0.2) is 0 Å². The summed E-state index contributed by atoms with van der Waals surface area (Å²) in [4.78, 5) is 23.9. The number of hydrogen-bond donors (Lipinski definition) is 1. The molecule has 8 heteroatoms. The molecular formula is C18H18ClF3N2O2. The summed E-state index contributed by atoms with van der Waals surface area (Å²) in [6, 6.07) is 10.1. The molecule has 0 aliphatic rings. The van der Waals surface area contributed by atoms with Crippen LogP contribution in [-0.2, 0) is 23.9 Å². The van der Waals surface area contributed by atoms with E-state index in [-0.39, 0.29) is 6.04 Å². The molecule has 2 aromatic rings. The smallest absolute Gasteiger partial charge is 0.352 e. The van der Waals surface area contributed by atoms with Crippen molar-refractivity contribution in [3.63, 3.8) is 0 Å². The van der Waals surface area contributed by atoms with E-state index < -0.39 is 34.8 Å². The molecule has 1 aromatic carbocycles. The van der Waals surface area contributed by atoms with Gasteiger partial charge in [-0.1, -0.05) is 41.9 Å². The van der Waals surface area contributed by atoms with Gasteiger partial charge in [0.25, 0.3) is 5.56 Å². The molecule has 4 nitrogen and oxygen atoms in total. The maximum absolute atomic E-state index is 12.8. The van der Waals surface area contributed by atoms with E-state index in [0.29, 0.717) is 23.3 Å². The van der Waals surface area contributed by atoms with Crippen molar-refractivity contribution in [3.05, 3.63) is 69.1 Å². The summed E-state index contributed by atoms with van der Waals surface area (Å²) in [6.07, 6.45) is -2.65. The molecule has 1 N–H and O–H groups in total. The molecule has 1 aromatic heterocycles. The molecule has 2 rings (SSSR count). The fourth-order valence-electron chi connectivity index (χ4n) is 2.45. The molecule has 0 aliphatic carbocycles. The standard InChI is InChI=1S/C18H18ClF3N2O2/c1-12(7-8-13-5-3-2-4-6-13)23-16(25)11-24-10-14(18(20,21)22)9-15(19)17(24)26/h2-6,9-10,12H,7-8,11H2,1H3,(H,23,25). The monoisotopic (exact) mass is 386 g/mol. The Morgan fingerprint density at radius 1 is 1.27 bits per heavy atom. The van der Waals surface area contributed by atoms with Gasteiger partial charge in [-0.05, 0) is 31.4 Å². The van der Waals surface area contributed by atoms with Crippen LogP contribution in [0.5, 0.6) is 0 Å². The molecule has 0 radical (unpaired) electrons. The number of benzene rings is 1. The second-order valence-electron chi connectivity index (χ2n) is 6.00. The Labute approximate surface area is 153 Å². The third-order valence-electron chi connectivity index (χ3n) is 3.80. The summed E-state index contributed by atoms with van der Waals surface area (Å²) < 4.78 is 39.1. The lowest BCUT2D eigenvalue weighted by molar-refractivity contribution is -0.138. The predicted molar refractivity (Wildman–Crippen MR) is 93.1 cm³/mol. The number of halogens is 4. The van der Waals surface area contributed by atoms with Crippen LogP contribution in [0.25, 0.3) is 0 Å². The lowest BCUT2D eigenvalue weighted by Crippen LogP contribution is -2.38. The molecule has 0 bridgehead atoms. The number of aryl methyl sites for hydroxylation is 1. The van der Waals surface area contributed by atoms with Crippen LogP contribution in [0.3, 0.4) is 0 Å². The SMILES string of the molecule is CC(CCc1ccccc1)NC(=O)Cn1cc(C(F)(F)F)cc(Cl)c1=O. The highest BCUT2D eigenvalue weighted by atomic mass is 35.5. The first-order chi connectivity index (χ1) is 12.2. The molecule has 0 saturated heterocycles. The van der Waals surface area contributed by atoms with Crippen LogP contribution in [0, 0.1) is 0 Å². The Kier molecular flexibility index (Phi) is 6.47. The van der Waals surface area contributed by atoms with Crippen LogP contribution in [0.1, 0.15) is 24.5 Å². The molecule has 26 heavy (non-hydrogen) atoms. The third-order valence-corrected chi connectivity index (χ3v) is 4.07. The first-order valence-corrected chi connectivity index (χ1v) is 8.35. The van der Waals surface area contributed by atoms with Crippen LogP contribution < -0.4 is 10.9 Å². The van der Waals surface area contributed by atoms with E-state index in [1.807, 2.05) is 30.3 Å². The number of carbonyl (C=O) groups excluding carboxylic acids is 1. The van der Waals surface area contributed by atoms with Gasteiger partial charge in [-0.15, -0.1) is 0 Å². The van der Waals surface area contributed by atoms with Gasteiger partial charge in [-0.25, -0.2) is 0 Å². The average molecular weight is 387 g/mol. The number of alkyl halides is 3. The van der Waals surface area contributed by atoms with Gasteiger partial charge in [0.1, 0.15) is 11.6 Å². The minimum atomic E-state index is -4.65. The minimum absolute atomic E-state index is 0.195. The zero-order chi connectivity index (χ0) is 19.3. The van der Waals surface area contributed by atoms with E-state index in [1.54, 1.807) is 6.92 Å². The molecule has 0 saturated carbocycles. The highest BCUT2D eigenvalue weighted by Crippen LogP contribution is 2.29. The molecular weight excluding hydrogens is 369 g/mol. The number of hydrogen-bond acceptors (Lipinski definition) is 2. The molecule has 0 fully saturated rings. The van der Waals surface area contributed by atoms with Crippen LogP contribution in [0.15, 0.2) is 47.4 Å². The van der Waals surface area contributed by atoms with Gasteiger partial charge >= 0.3 is 6.18 Å². The molecule has 0 aliphatic heterocycles. The van der Waals surface area contributed by atoms with E-state index in [4.69, 9.17) is 11.6 Å². The molecule has 1 amide bonds. The second-order valence-corrected chi connectivity index (χ2v) is 6.41. The molecule has 1 atom stereocenters. The maximum Gasteiger partial charge on any atom is 0.417 e. The van der Waals surface area contributed by atoms with E-state index in [1.165, 1.54) is 0 Å². The van der Waals surface area contributed by atoms with Gasteiger partial charge in [-0.2, -0.15) is 13.2 Å². The Morgan fingerprint density at radius 3 is 2.54 bits per heavy atom. The largest absolute Gasteiger partial charge is 0.417 e. The molecule has 1 unspecified atom stereocenters. The van der Waals surface area contributed by atoms with Crippen LogP contribution >= 0.6 is 11.6 Å². The number of pyridine rings is 1. The molecule has 140 valence electrons. The number of nitrogens with zero attached hydrogens (tertiary/aromatic N) is 1. The Morgan fingerprint density at radius 2 is 1.92 bits per heavy atom. The van der Waals surface area contributed by atoms with Crippen LogP contribution in [0.2, 0.25) is 5.02 Å². The fourth-order valence-corrected chi connectivity index (χ4v) is 2.67. The summed E-state index contributed by atoms with van der Waals surface area (Å²) in [6.45, 7) is 1.26. The lowest BCUT2D eigenvalue weighted by Gasteiger charge is -2.16. The summed E-state index contributed by atoms with van der Waals surface area (Å²) in [5.41, 5.74) is -0.798. The van der Waals surface area contributed by atoms with Crippen molar-refractivity contribution in [1.29, 1.82) is 0 Å². The summed E-state index contributed by atoms with van der Waals surface area (Å²) >= 11 is 5.57. The van der Waals surface area contributed by atoms with E-state index in [2.05, 4.69) is 5.32 Å². The van der Waals surface area contributed by atoms with Crippen molar-refractivity contribution in [1.82, 2.24) is 9.88 Å². The van der Waals surface area contributed by atoms with Gasteiger partial charge < -0.3 is 9.88 Å². The van der Waals surface area contributed by atoms with Crippen molar-refractivity contribution in [2.24, 2.45) is 0 Å². The van der Waals surface area contributed by atoms with Gasteiger partial charge in [-0.3, -0.25) is 9.59 Å². The van der Waals surface area contributed by atoms with Gasteiger partial charge in [0, 0.05) is 12.2 Å². The summed E-state index contributed by atoms with van der Waals surface area (Å²) in [5, 5.41) is 2.10. The van der Waals surface area contributed by atoms with Crippen LogP contribution in [0.4, 0.5) is 13.2 Å². The number of rotatable bonds is 6. The lowest BCUT2D eigenvalue weighted by atomic mass is 10.1. The first kappa shape index (κ1) is 20.0. The highest BCUT2D eigenvalue weighted by molar-refractivity contribution is 6.30. The third kappa shape index (κ3) is 5.62. The maximum atomic E-state index is 12.8. The Hall–Kier alpha value is -2.28. The number of carbonyl (C=O) groups is 1. The number of nitrogens with one attached hydrogen (secondary N) is 1. The van der Waals surface area contributed by atoms with Crippen molar-refractivity contribution in [2.45, 2.75) is 38.5 Å². The topological polar surface area (TPSA) is 51.1 Å². The zero-order valence-corrected chi connectivity index (χ0v) is 14.8. The summed E-state index contributed by atoms with van der Waals surface area (Å²) in [5.74, 6) is -0.553. The van der Waals surface area contributed by atoms with Crippen molar-refractivity contribution in [2.75, 3.05) is 0 Å². The quantitative estimate of drug-likeness (QED) is 0.823. The number of aromatic nitrogens is 1. The predicted octanol–water partition coefficient (Wildman–Crippen LogP) is 3.66. The van der Waals surface area contributed by atoms with E-state index in [9.17, 15) is 22.8 Å². The normalized spacial score (nSPS) is 12.7. The van der Waals surface area contributed by atoms with Gasteiger partial charge in [0.05, 0.1) is 5.56 Å². The van der Waals surface area contributed by atoms with Crippen molar-refractivity contribution in [3.8, 4) is 0 Å². The minimum Gasteiger partial charge on any atom is -0.352 e. The fraction of sp³-hybridized carbons (Fsp3) is 0.333. The van der Waals surface area contributed by atoms with Crippen LogP contribution in [-0.4, -0.2) is 16.5 Å². The number of amides is 1. The Bertz CT molecular complexity index is 819. The van der Waals surface area contributed by atoms with E-state index >= 15 is 0 Å². The van der Waals surface area contributed by atoms with Gasteiger partial charge in [0.2, 0.25) is 5.91 Å². The molecule has 0 spiro atoms. The summed E-state index contributed by atoms with van der Waals surface area (Å²) in [7, 11) is 0. The highest BCUT2D eigenvalue weighted by Gasteiger charge is 2.32. The first-order valence-electron chi connectivity index (χ1n) is 7.97. The average Bonchev–Trinajstić information content (AvgIpc) is 2.57. The second kappa shape index (κ2) is 8.40. The Balaban J connectivity index is 1.99. The van der Waals surface area contributed by atoms with Crippen molar-refractivity contribution < 1.29 is 18.0 Å². The van der Waals surface area contributed by atoms with Crippen molar-refractivity contribution >= 4 is 17.5 Å².